The van der Waals surface area contributed by atoms with Crippen molar-refractivity contribution in [3.8, 4) is 16.9 Å². The molecule has 1 aromatic carbocycles. The number of fused-ring (bicyclic) bond motifs is 3. The smallest absolute Gasteiger partial charge is 0.335 e. The van der Waals surface area contributed by atoms with Gasteiger partial charge in [-0.1, -0.05) is 12.1 Å². The van der Waals surface area contributed by atoms with Crippen LogP contribution in [0.3, 0.4) is 0 Å². The van der Waals surface area contributed by atoms with E-state index in [0.717, 1.165) is 46.8 Å². The van der Waals surface area contributed by atoms with E-state index in [2.05, 4.69) is 0 Å². The van der Waals surface area contributed by atoms with Crippen LogP contribution < -0.4 is 4.74 Å². The molecule has 0 amide bonds. The van der Waals surface area contributed by atoms with Gasteiger partial charge in [0.15, 0.2) is 6.10 Å². The maximum absolute atomic E-state index is 11.9. The predicted molar refractivity (Wildman–Crippen MR) is 111 cm³/mol. The Balaban J connectivity index is 1.26. The van der Waals surface area contributed by atoms with E-state index in [1.807, 2.05) is 36.4 Å². The molecular weight excluding hydrogens is 384 g/mol. The molecule has 2 heterocycles. The maximum Gasteiger partial charge on any atom is 0.335 e. The van der Waals surface area contributed by atoms with E-state index in [9.17, 15) is 4.79 Å². The van der Waals surface area contributed by atoms with Crippen molar-refractivity contribution in [2.75, 3.05) is 20.3 Å². The summed E-state index contributed by atoms with van der Waals surface area (Å²) in [6, 6.07) is 11.7. The van der Waals surface area contributed by atoms with Crippen LogP contribution in [-0.4, -0.2) is 32.4 Å². The summed E-state index contributed by atoms with van der Waals surface area (Å²) in [5.41, 5.74) is 3.26. The Morgan fingerprint density at radius 1 is 1.03 bits per heavy atom. The summed E-state index contributed by atoms with van der Waals surface area (Å²) in [6.07, 6.45) is 5.12. The minimum absolute atomic E-state index is 0.153. The maximum atomic E-state index is 11.9. The fourth-order valence-corrected chi connectivity index (χ4v) is 3.92. The van der Waals surface area contributed by atoms with E-state index in [1.165, 1.54) is 7.11 Å². The lowest BCUT2D eigenvalue weighted by Crippen LogP contribution is -2.27. The largest absolute Gasteiger partial charge is 0.494 e. The van der Waals surface area contributed by atoms with E-state index >= 15 is 0 Å². The molecule has 0 saturated heterocycles. The number of hydrogen-bond donors (Lipinski definition) is 0. The molecule has 158 valence electrons. The van der Waals surface area contributed by atoms with Crippen molar-refractivity contribution in [3.05, 3.63) is 66.0 Å². The van der Waals surface area contributed by atoms with Crippen LogP contribution in [0.1, 0.15) is 42.8 Å². The van der Waals surface area contributed by atoms with E-state index in [4.69, 9.17) is 23.0 Å². The molecule has 0 spiro atoms. The van der Waals surface area contributed by atoms with Gasteiger partial charge in [-0.3, -0.25) is 0 Å². The average molecular weight is 410 g/mol. The van der Waals surface area contributed by atoms with Crippen LogP contribution in [0.15, 0.2) is 57.8 Å². The van der Waals surface area contributed by atoms with Gasteiger partial charge in [0.1, 0.15) is 17.3 Å². The normalized spacial score (nSPS) is 13.7. The van der Waals surface area contributed by atoms with Crippen molar-refractivity contribution in [1.29, 1.82) is 0 Å². The highest BCUT2D eigenvalue weighted by Crippen LogP contribution is 2.47. The third-order valence-electron chi connectivity index (χ3n) is 5.40. The summed E-state index contributed by atoms with van der Waals surface area (Å²) < 4.78 is 27.5. The second kappa shape index (κ2) is 9.22. The Hall–Kier alpha value is -2.99. The van der Waals surface area contributed by atoms with E-state index in [0.29, 0.717) is 19.6 Å². The van der Waals surface area contributed by atoms with Crippen LogP contribution in [0.2, 0.25) is 0 Å². The number of ether oxygens (including phenoxy) is 3. The van der Waals surface area contributed by atoms with Crippen LogP contribution in [0.5, 0.6) is 5.75 Å². The van der Waals surface area contributed by atoms with Gasteiger partial charge in [0.25, 0.3) is 0 Å². The molecular formula is C24H26O6. The molecule has 0 aliphatic heterocycles. The summed E-state index contributed by atoms with van der Waals surface area (Å²) >= 11 is 0. The SMILES string of the molecule is CCOC(=O)C(Cc1ccc(OCCCC2c3occc3-c3ccoc32)cc1)OC. The van der Waals surface area contributed by atoms with Gasteiger partial charge in [0.2, 0.25) is 0 Å². The molecule has 1 aliphatic carbocycles. The van der Waals surface area contributed by atoms with Crippen molar-refractivity contribution >= 4 is 5.97 Å². The quantitative estimate of drug-likeness (QED) is 0.347. The van der Waals surface area contributed by atoms with E-state index in [1.54, 1.807) is 19.5 Å². The fourth-order valence-electron chi connectivity index (χ4n) is 3.92. The Morgan fingerprint density at radius 3 is 2.30 bits per heavy atom. The number of furan rings is 2. The summed E-state index contributed by atoms with van der Waals surface area (Å²) in [4.78, 5) is 11.9. The van der Waals surface area contributed by atoms with Gasteiger partial charge in [0.05, 0.1) is 31.7 Å². The number of rotatable bonds is 10. The van der Waals surface area contributed by atoms with Gasteiger partial charge in [0, 0.05) is 24.7 Å². The first kappa shape index (κ1) is 20.3. The molecule has 4 rings (SSSR count). The van der Waals surface area contributed by atoms with Gasteiger partial charge in [-0.05, 0) is 49.6 Å². The van der Waals surface area contributed by atoms with Crippen LogP contribution in [-0.2, 0) is 20.7 Å². The highest BCUT2D eigenvalue weighted by atomic mass is 16.6. The molecule has 6 nitrogen and oxygen atoms in total. The molecule has 0 fully saturated rings. The summed E-state index contributed by atoms with van der Waals surface area (Å²) in [7, 11) is 1.51. The number of methoxy groups -OCH3 is 1. The third-order valence-corrected chi connectivity index (χ3v) is 5.40. The third kappa shape index (κ3) is 4.14. The molecule has 30 heavy (non-hydrogen) atoms. The van der Waals surface area contributed by atoms with Gasteiger partial charge in [-0.2, -0.15) is 0 Å². The Labute approximate surface area is 175 Å². The van der Waals surface area contributed by atoms with Gasteiger partial charge in [-0.15, -0.1) is 0 Å². The molecule has 1 atom stereocenters. The summed E-state index contributed by atoms with van der Waals surface area (Å²) in [6.45, 7) is 2.73. The van der Waals surface area contributed by atoms with Crippen molar-refractivity contribution in [2.45, 2.75) is 38.2 Å². The number of esters is 1. The Morgan fingerprint density at radius 2 is 1.70 bits per heavy atom. The first-order chi connectivity index (χ1) is 14.7. The lowest BCUT2D eigenvalue weighted by atomic mass is 10.0. The van der Waals surface area contributed by atoms with Crippen LogP contribution >= 0.6 is 0 Å². The first-order valence-corrected chi connectivity index (χ1v) is 10.3. The minimum Gasteiger partial charge on any atom is -0.494 e. The number of hydrogen-bond acceptors (Lipinski definition) is 6. The fraction of sp³-hybridized carbons (Fsp3) is 0.375. The van der Waals surface area contributed by atoms with Crippen LogP contribution in [0.4, 0.5) is 0 Å². The lowest BCUT2D eigenvalue weighted by molar-refractivity contribution is -0.154. The topological polar surface area (TPSA) is 71.0 Å². The second-order valence-corrected chi connectivity index (χ2v) is 7.26. The lowest BCUT2D eigenvalue weighted by Gasteiger charge is -2.14. The second-order valence-electron chi connectivity index (χ2n) is 7.26. The van der Waals surface area contributed by atoms with Crippen molar-refractivity contribution in [3.63, 3.8) is 0 Å². The average Bonchev–Trinajstić information content (AvgIpc) is 3.46. The van der Waals surface area contributed by atoms with Gasteiger partial charge < -0.3 is 23.0 Å². The Kier molecular flexibility index (Phi) is 6.23. The monoisotopic (exact) mass is 410 g/mol. The zero-order valence-corrected chi connectivity index (χ0v) is 17.3. The van der Waals surface area contributed by atoms with Crippen LogP contribution in [0.25, 0.3) is 11.1 Å². The van der Waals surface area contributed by atoms with Crippen molar-refractivity contribution < 1.29 is 27.8 Å². The van der Waals surface area contributed by atoms with E-state index < -0.39 is 6.10 Å². The molecule has 2 aromatic heterocycles. The Bertz CT molecular complexity index is 928. The molecule has 0 N–H and O–H groups in total. The molecule has 6 heteroatoms. The van der Waals surface area contributed by atoms with Crippen molar-refractivity contribution in [2.24, 2.45) is 0 Å². The minimum atomic E-state index is -0.596. The number of benzene rings is 1. The van der Waals surface area contributed by atoms with Gasteiger partial charge >= 0.3 is 5.97 Å². The molecule has 3 aromatic rings. The molecule has 0 saturated carbocycles. The molecule has 1 aliphatic rings. The number of carbonyl (C=O) groups is 1. The summed E-state index contributed by atoms with van der Waals surface area (Å²) in [5.74, 6) is 2.59. The standard InChI is InChI=1S/C24H26O6/c1-3-27-24(25)21(26-2)15-16-6-8-17(9-7-16)28-12-4-5-20-22-18(10-13-29-22)19-11-14-30-23(19)20/h6-11,13-14,20-21H,3-5,12,15H2,1-2H3. The van der Waals surface area contributed by atoms with Gasteiger partial charge in [-0.25, -0.2) is 4.79 Å². The highest BCUT2D eigenvalue weighted by Gasteiger charge is 2.34. The highest BCUT2D eigenvalue weighted by molar-refractivity contribution is 5.75. The first-order valence-electron chi connectivity index (χ1n) is 10.3. The van der Waals surface area contributed by atoms with Crippen LogP contribution in [0, 0.1) is 0 Å². The zero-order chi connectivity index (χ0) is 20.9. The van der Waals surface area contributed by atoms with Crippen molar-refractivity contribution in [1.82, 2.24) is 0 Å². The summed E-state index contributed by atoms with van der Waals surface area (Å²) in [5, 5.41) is 0. The molecule has 1 unspecified atom stereocenters. The van der Waals surface area contributed by atoms with E-state index in [-0.39, 0.29) is 11.9 Å². The molecule has 0 bridgehead atoms. The zero-order valence-electron chi connectivity index (χ0n) is 17.3. The molecule has 0 radical (unpaired) electrons. The predicted octanol–water partition coefficient (Wildman–Crippen LogP) is 4.96. The number of carbonyl (C=O) groups excluding carboxylic acids is 1.